The molecule has 0 radical (unpaired) electrons. The van der Waals surface area contributed by atoms with E-state index < -0.39 is 6.10 Å². The van der Waals surface area contributed by atoms with Crippen LogP contribution in [0.5, 0.6) is 5.75 Å². The lowest BCUT2D eigenvalue weighted by atomic mass is 10.0. The molecule has 0 spiro atoms. The van der Waals surface area contributed by atoms with Crippen molar-refractivity contribution in [3.63, 3.8) is 0 Å². The standard InChI is InChI=1S/C19H23NO3/c1-2-12-20-13-17(21)14-23-18-10-8-16(9-11-18)19(22)15-6-4-3-5-7-15/h3-11,17,20-21H,2,12-14H2,1H3/p+1/t17-/m1/s1. The van der Waals surface area contributed by atoms with Crippen molar-refractivity contribution in [3.05, 3.63) is 65.7 Å². The van der Waals surface area contributed by atoms with Crippen LogP contribution >= 0.6 is 0 Å². The Morgan fingerprint density at radius 1 is 1.09 bits per heavy atom. The molecule has 2 aromatic rings. The molecular formula is C19H24NO3+. The number of ether oxygens (including phenoxy) is 1. The van der Waals surface area contributed by atoms with E-state index in [1.165, 1.54) is 0 Å². The van der Waals surface area contributed by atoms with Crippen molar-refractivity contribution in [1.82, 2.24) is 0 Å². The smallest absolute Gasteiger partial charge is 0.193 e. The lowest BCUT2D eigenvalue weighted by Crippen LogP contribution is -2.86. The number of carbonyl (C=O) groups is 1. The predicted molar refractivity (Wildman–Crippen MR) is 89.8 cm³/mol. The number of nitrogens with two attached hydrogens (primary N) is 1. The van der Waals surface area contributed by atoms with Gasteiger partial charge in [-0.3, -0.25) is 4.79 Å². The Labute approximate surface area is 137 Å². The summed E-state index contributed by atoms with van der Waals surface area (Å²) in [7, 11) is 0. The number of rotatable bonds is 9. The summed E-state index contributed by atoms with van der Waals surface area (Å²) in [4.78, 5) is 12.3. The van der Waals surface area contributed by atoms with Gasteiger partial charge in [0.1, 0.15) is 25.0 Å². The summed E-state index contributed by atoms with van der Waals surface area (Å²) in [5, 5.41) is 11.9. The second-order valence-corrected chi connectivity index (χ2v) is 5.50. The summed E-state index contributed by atoms with van der Waals surface area (Å²) in [6.07, 6.45) is 0.594. The Balaban J connectivity index is 1.86. The monoisotopic (exact) mass is 314 g/mol. The largest absolute Gasteiger partial charge is 0.491 e. The van der Waals surface area contributed by atoms with Crippen LogP contribution in [0, 0.1) is 0 Å². The summed E-state index contributed by atoms with van der Waals surface area (Å²) in [6.45, 7) is 4.01. The summed E-state index contributed by atoms with van der Waals surface area (Å²) in [5.41, 5.74) is 1.29. The molecule has 2 rings (SSSR count). The summed E-state index contributed by atoms with van der Waals surface area (Å²) < 4.78 is 5.56. The van der Waals surface area contributed by atoms with Crippen LogP contribution in [-0.4, -0.2) is 36.7 Å². The van der Waals surface area contributed by atoms with Crippen LogP contribution in [0.1, 0.15) is 29.3 Å². The highest BCUT2D eigenvalue weighted by Crippen LogP contribution is 2.15. The zero-order chi connectivity index (χ0) is 16.5. The van der Waals surface area contributed by atoms with Crippen molar-refractivity contribution < 1.29 is 20.0 Å². The molecule has 1 atom stereocenters. The molecule has 0 aliphatic heterocycles. The number of benzene rings is 2. The average Bonchev–Trinajstić information content (AvgIpc) is 2.61. The van der Waals surface area contributed by atoms with Crippen LogP contribution < -0.4 is 10.1 Å². The van der Waals surface area contributed by atoms with Crippen molar-refractivity contribution >= 4 is 5.78 Å². The van der Waals surface area contributed by atoms with Gasteiger partial charge in [0.25, 0.3) is 0 Å². The number of quaternary nitrogens is 1. The van der Waals surface area contributed by atoms with E-state index in [-0.39, 0.29) is 12.4 Å². The molecule has 0 aromatic heterocycles. The molecule has 0 heterocycles. The molecular weight excluding hydrogens is 290 g/mol. The van der Waals surface area contributed by atoms with E-state index in [1.807, 2.05) is 18.2 Å². The summed E-state index contributed by atoms with van der Waals surface area (Å²) in [6, 6.07) is 16.2. The van der Waals surface area contributed by atoms with Gasteiger partial charge < -0.3 is 15.2 Å². The van der Waals surface area contributed by atoms with Gasteiger partial charge in [-0.15, -0.1) is 0 Å². The maximum absolute atomic E-state index is 12.3. The van der Waals surface area contributed by atoms with E-state index in [2.05, 4.69) is 12.2 Å². The molecule has 23 heavy (non-hydrogen) atoms. The minimum absolute atomic E-state index is 0.00801. The molecule has 0 amide bonds. The van der Waals surface area contributed by atoms with Crippen LogP contribution in [0.2, 0.25) is 0 Å². The second-order valence-electron chi connectivity index (χ2n) is 5.50. The molecule has 0 aliphatic carbocycles. The van der Waals surface area contributed by atoms with Gasteiger partial charge in [-0.2, -0.15) is 0 Å². The Hall–Kier alpha value is -2.17. The van der Waals surface area contributed by atoms with Crippen LogP contribution in [0.15, 0.2) is 54.6 Å². The van der Waals surface area contributed by atoms with Gasteiger partial charge in [-0.1, -0.05) is 37.3 Å². The molecule has 0 aliphatic rings. The van der Waals surface area contributed by atoms with Crippen molar-refractivity contribution in [2.24, 2.45) is 0 Å². The first-order valence-electron chi connectivity index (χ1n) is 8.03. The van der Waals surface area contributed by atoms with E-state index in [1.54, 1.807) is 36.4 Å². The third kappa shape index (κ3) is 5.51. The van der Waals surface area contributed by atoms with E-state index in [0.29, 0.717) is 23.4 Å². The van der Waals surface area contributed by atoms with Gasteiger partial charge in [0, 0.05) is 11.1 Å². The van der Waals surface area contributed by atoms with E-state index in [4.69, 9.17) is 4.74 Å². The maximum atomic E-state index is 12.3. The van der Waals surface area contributed by atoms with Gasteiger partial charge >= 0.3 is 0 Å². The van der Waals surface area contributed by atoms with Gasteiger partial charge in [0.15, 0.2) is 5.78 Å². The Bertz CT molecular complexity index is 596. The Morgan fingerprint density at radius 3 is 2.39 bits per heavy atom. The van der Waals surface area contributed by atoms with Crippen LogP contribution in [0.25, 0.3) is 0 Å². The Morgan fingerprint density at radius 2 is 1.74 bits per heavy atom. The molecule has 0 saturated carbocycles. The van der Waals surface area contributed by atoms with Gasteiger partial charge in [0.2, 0.25) is 0 Å². The molecule has 4 heteroatoms. The fourth-order valence-corrected chi connectivity index (χ4v) is 2.23. The van der Waals surface area contributed by atoms with E-state index in [0.717, 1.165) is 13.0 Å². The molecule has 122 valence electrons. The lowest BCUT2D eigenvalue weighted by Gasteiger charge is -2.11. The molecule has 0 bridgehead atoms. The summed E-state index contributed by atoms with van der Waals surface area (Å²) in [5.74, 6) is 0.649. The van der Waals surface area contributed by atoms with Gasteiger partial charge in [-0.05, 0) is 30.7 Å². The van der Waals surface area contributed by atoms with E-state index in [9.17, 15) is 9.90 Å². The fourth-order valence-electron chi connectivity index (χ4n) is 2.23. The molecule has 3 N–H and O–H groups in total. The number of aliphatic hydroxyl groups is 1. The van der Waals surface area contributed by atoms with Crippen molar-refractivity contribution in [3.8, 4) is 5.75 Å². The minimum atomic E-state index is -0.493. The topological polar surface area (TPSA) is 63.1 Å². The molecule has 0 fully saturated rings. The van der Waals surface area contributed by atoms with Crippen LogP contribution in [0.3, 0.4) is 0 Å². The molecule has 2 aromatic carbocycles. The first-order valence-corrected chi connectivity index (χ1v) is 8.03. The SMILES string of the molecule is CCC[NH2+]C[C@@H](O)COc1ccc(C(=O)c2ccccc2)cc1. The third-order valence-corrected chi connectivity index (χ3v) is 3.53. The zero-order valence-corrected chi connectivity index (χ0v) is 13.4. The van der Waals surface area contributed by atoms with Gasteiger partial charge in [-0.25, -0.2) is 0 Å². The highest BCUT2D eigenvalue weighted by Gasteiger charge is 2.10. The maximum Gasteiger partial charge on any atom is 0.193 e. The lowest BCUT2D eigenvalue weighted by molar-refractivity contribution is -0.661. The number of hydrogen-bond acceptors (Lipinski definition) is 3. The first-order chi connectivity index (χ1) is 11.2. The van der Waals surface area contributed by atoms with E-state index >= 15 is 0 Å². The molecule has 0 saturated heterocycles. The molecule has 0 unspecified atom stereocenters. The fraction of sp³-hybridized carbons (Fsp3) is 0.316. The molecule has 4 nitrogen and oxygen atoms in total. The third-order valence-electron chi connectivity index (χ3n) is 3.53. The average molecular weight is 314 g/mol. The van der Waals surface area contributed by atoms with Crippen molar-refractivity contribution in [2.45, 2.75) is 19.4 Å². The van der Waals surface area contributed by atoms with Crippen molar-refractivity contribution in [1.29, 1.82) is 0 Å². The van der Waals surface area contributed by atoms with Crippen molar-refractivity contribution in [2.75, 3.05) is 19.7 Å². The normalized spacial score (nSPS) is 11.9. The Kier molecular flexibility index (Phi) is 6.78. The number of ketones is 1. The first kappa shape index (κ1) is 17.2. The highest BCUT2D eigenvalue weighted by molar-refractivity contribution is 6.08. The number of hydrogen-bond donors (Lipinski definition) is 2. The second kappa shape index (κ2) is 9.08. The number of carbonyl (C=O) groups excluding carboxylic acids is 1. The van der Waals surface area contributed by atoms with Crippen LogP contribution in [-0.2, 0) is 0 Å². The summed E-state index contributed by atoms with van der Waals surface area (Å²) >= 11 is 0. The quantitative estimate of drug-likeness (QED) is 0.546. The van der Waals surface area contributed by atoms with Gasteiger partial charge in [0.05, 0.1) is 6.54 Å². The minimum Gasteiger partial charge on any atom is -0.491 e. The predicted octanol–water partition coefficient (Wildman–Crippen LogP) is 1.63. The highest BCUT2D eigenvalue weighted by atomic mass is 16.5. The zero-order valence-electron chi connectivity index (χ0n) is 13.4. The van der Waals surface area contributed by atoms with Crippen LogP contribution in [0.4, 0.5) is 0 Å². The number of aliphatic hydroxyl groups excluding tert-OH is 1.